The summed E-state index contributed by atoms with van der Waals surface area (Å²) in [4.78, 5) is 0. The highest BCUT2D eigenvalue weighted by atomic mass is 79.9. The maximum absolute atomic E-state index is 3.55. The fourth-order valence-corrected chi connectivity index (χ4v) is 1.81. The normalized spacial score (nSPS) is 11.2. The summed E-state index contributed by atoms with van der Waals surface area (Å²) in [6.07, 6.45) is 9.88. The fraction of sp³-hybridized carbons (Fsp3) is 1.00. The number of nitrogens with zero attached hydrogens (tertiary/aromatic N) is 1. The predicted octanol–water partition coefficient (Wildman–Crippen LogP) is 1.17. The first-order valence-corrected chi connectivity index (χ1v) is 7.12. The predicted molar refractivity (Wildman–Crippen MR) is 68.8 cm³/mol. The van der Waals surface area contributed by atoms with Crippen LogP contribution in [0.2, 0.25) is 0 Å². The van der Waals surface area contributed by atoms with Gasteiger partial charge in [0.2, 0.25) is 0 Å². The van der Waals surface area contributed by atoms with Crippen LogP contribution in [0.4, 0.5) is 0 Å². The fourth-order valence-electron chi connectivity index (χ4n) is 1.56. The highest BCUT2D eigenvalue weighted by Gasteiger charge is 2.10. The molecular formula is C12H27BrClN. The second-order valence-electron chi connectivity index (χ2n) is 4.90. The molecule has 1 nitrogen and oxygen atoms in total. The van der Waals surface area contributed by atoms with Gasteiger partial charge in [-0.3, -0.25) is 0 Å². The van der Waals surface area contributed by atoms with E-state index in [1.165, 1.54) is 51.5 Å². The van der Waals surface area contributed by atoms with Crippen LogP contribution in [0.25, 0.3) is 0 Å². The zero-order valence-corrected chi connectivity index (χ0v) is 12.9. The van der Waals surface area contributed by atoms with Crippen LogP contribution in [0.1, 0.15) is 51.9 Å². The first-order chi connectivity index (χ1) is 6.62. The smallest absolute Gasteiger partial charge is 0.133 e. The average Bonchev–Trinajstić information content (AvgIpc) is 2.16. The molecule has 0 N–H and O–H groups in total. The topological polar surface area (TPSA) is 0 Å². The van der Waals surface area contributed by atoms with Gasteiger partial charge in [-0.1, -0.05) is 39.0 Å². The van der Waals surface area contributed by atoms with E-state index >= 15 is 0 Å². The first-order valence-electron chi connectivity index (χ1n) is 6.00. The van der Waals surface area contributed by atoms with Crippen LogP contribution in [-0.4, -0.2) is 30.6 Å². The highest BCUT2D eigenvalue weighted by molar-refractivity contribution is 9.09. The summed E-state index contributed by atoms with van der Waals surface area (Å²) in [6, 6.07) is 0. The number of alkyl halides is 1. The van der Waals surface area contributed by atoms with Gasteiger partial charge in [0.25, 0.3) is 0 Å². The standard InChI is InChI=1S/C12H27BrN.ClH/c1-4-5-6-7-8-9-10-11-14(2,3)12-13;/h4-12H2,1-3H3;1H/q+1;/p-1. The summed E-state index contributed by atoms with van der Waals surface area (Å²) in [5.74, 6) is 0. The molecule has 0 bridgehead atoms. The van der Waals surface area contributed by atoms with Crippen molar-refractivity contribution in [3.05, 3.63) is 0 Å². The van der Waals surface area contributed by atoms with Crippen molar-refractivity contribution in [1.29, 1.82) is 0 Å². The van der Waals surface area contributed by atoms with E-state index in [4.69, 9.17) is 0 Å². The number of hydrogen-bond acceptors (Lipinski definition) is 0. The lowest BCUT2D eigenvalue weighted by molar-refractivity contribution is -0.876. The Bertz CT molecular complexity index is 129. The lowest BCUT2D eigenvalue weighted by Crippen LogP contribution is -3.00. The summed E-state index contributed by atoms with van der Waals surface area (Å²) in [7, 11) is 4.57. The van der Waals surface area contributed by atoms with Gasteiger partial charge in [0, 0.05) is 0 Å². The molecule has 0 heterocycles. The molecular weight excluding hydrogens is 273 g/mol. The van der Waals surface area contributed by atoms with E-state index in [1.54, 1.807) is 0 Å². The molecule has 0 aromatic carbocycles. The molecule has 0 amide bonds. The van der Waals surface area contributed by atoms with Crippen LogP contribution < -0.4 is 12.4 Å². The SMILES string of the molecule is CCCCCCCCC[N+](C)(C)CBr.[Cl-]. The van der Waals surface area contributed by atoms with E-state index in [-0.39, 0.29) is 12.4 Å². The third-order valence-corrected chi connectivity index (χ3v) is 4.05. The Morgan fingerprint density at radius 3 is 1.80 bits per heavy atom. The molecule has 0 atom stereocenters. The Kier molecular flexibility index (Phi) is 13.5. The lowest BCUT2D eigenvalue weighted by Gasteiger charge is -2.26. The number of hydrogen-bond donors (Lipinski definition) is 0. The Hall–Kier alpha value is 0.730. The van der Waals surface area contributed by atoms with Crippen molar-refractivity contribution < 1.29 is 16.9 Å². The molecule has 0 unspecified atom stereocenters. The zero-order valence-electron chi connectivity index (χ0n) is 10.6. The van der Waals surface area contributed by atoms with Gasteiger partial charge < -0.3 is 16.9 Å². The maximum atomic E-state index is 3.55. The first kappa shape index (κ1) is 18.1. The summed E-state index contributed by atoms with van der Waals surface area (Å²) in [5.41, 5.74) is 1.07. The van der Waals surface area contributed by atoms with Gasteiger partial charge in [0.05, 0.1) is 20.6 Å². The van der Waals surface area contributed by atoms with Gasteiger partial charge in [-0.05, 0) is 28.8 Å². The van der Waals surface area contributed by atoms with Crippen molar-refractivity contribution in [2.24, 2.45) is 0 Å². The molecule has 0 radical (unpaired) electrons. The van der Waals surface area contributed by atoms with Crippen LogP contribution >= 0.6 is 15.9 Å². The van der Waals surface area contributed by atoms with E-state index < -0.39 is 0 Å². The van der Waals surface area contributed by atoms with Gasteiger partial charge in [-0.15, -0.1) is 0 Å². The third kappa shape index (κ3) is 12.7. The second-order valence-corrected chi connectivity index (χ2v) is 5.40. The van der Waals surface area contributed by atoms with E-state index in [0.29, 0.717) is 0 Å². The molecule has 0 spiro atoms. The number of quaternary nitrogens is 1. The molecule has 0 aromatic rings. The Labute approximate surface area is 111 Å². The minimum absolute atomic E-state index is 0. The molecule has 0 saturated heterocycles. The number of halogens is 2. The minimum Gasteiger partial charge on any atom is -1.00 e. The van der Waals surface area contributed by atoms with Crippen molar-refractivity contribution >= 4 is 15.9 Å². The number of rotatable bonds is 9. The number of unbranched alkanes of at least 4 members (excludes halogenated alkanes) is 6. The highest BCUT2D eigenvalue weighted by Crippen LogP contribution is 2.09. The Morgan fingerprint density at radius 1 is 0.867 bits per heavy atom. The molecule has 0 aliphatic rings. The van der Waals surface area contributed by atoms with Crippen molar-refractivity contribution in [3.8, 4) is 0 Å². The van der Waals surface area contributed by atoms with Gasteiger partial charge in [0.15, 0.2) is 0 Å². The molecule has 0 rings (SSSR count). The molecule has 0 aliphatic carbocycles. The van der Waals surface area contributed by atoms with E-state index in [9.17, 15) is 0 Å². The summed E-state index contributed by atoms with van der Waals surface area (Å²) in [5, 5.41) is 0. The minimum atomic E-state index is 0. The lowest BCUT2D eigenvalue weighted by atomic mass is 10.1. The van der Waals surface area contributed by atoms with E-state index in [0.717, 1.165) is 9.94 Å². The van der Waals surface area contributed by atoms with Gasteiger partial charge in [-0.25, -0.2) is 0 Å². The van der Waals surface area contributed by atoms with Gasteiger partial charge in [0.1, 0.15) is 5.45 Å². The maximum Gasteiger partial charge on any atom is 0.133 e. The summed E-state index contributed by atoms with van der Waals surface area (Å²) >= 11 is 3.55. The molecule has 0 aromatic heterocycles. The van der Waals surface area contributed by atoms with E-state index in [2.05, 4.69) is 36.9 Å². The van der Waals surface area contributed by atoms with Crippen LogP contribution in [-0.2, 0) is 0 Å². The van der Waals surface area contributed by atoms with Crippen LogP contribution in [0.5, 0.6) is 0 Å². The van der Waals surface area contributed by atoms with Crippen molar-refractivity contribution in [1.82, 2.24) is 0 Å². The Morgan fingerprint density at radius 2 is 1.33 bits per heavy atom. The monoisotopic (exact) mass is 299 g/mol. The molecule has 15 heavy (non-hydrogen) atoms. The second kappa shape index (κ2) is 11.2. The molecule has 0 saturated carbocycles. The Balaban J connectivity index is 0. The van der Waals surface area contributed by atoms with Crippen molar-refractivity contribution in [2.75, 3.05) is 26.1 Å². The van der Waals surface area contributed by atoms with Gasteiger partial charge in [-0.2, -0.15) is 0 Å². The average molecular weight is 301 g/mol. The summed E-state index contributed by atoms with van der Waals surface area (Å²) < 4.78 is 1.11. The molecule has 3 heteroatoms. The van der Waals surface area contributed by atoms with Crippen molar-refractivity contribution in [3.63, 3.8) is 0 Å². The molecule has 0 fully saturated rings. The largest absolute Gasteiger partial charge is 1.00 e. The van der Waals surface area contributed by atoms with Crippen LogP contribution in [0, 0.1) is 0 Å². The van der Waals surface area contributed by atoms with Gasteiger partial charge >= 0.3 is 0 Å². The van der Waals surface area contributed by atoms with Crippen molar-refractivity contribution in [2.45, 2.75) is 51.9 Å². The van der Waals surface area contributed by atoms with E-state index in [1.807, 2.05) is 0 Å². The van der Waals surface area contributed by atoms with Crippen LogP contribution in [0.15, 0.2) is 0 Å². The molecule has 94 valence electrons. The third-order valence-electron chi connectivity index (χ3n) is 2.69. The molecule has 0 aliphatic heterocycles. The summed E-state index contributed by atoms with van der Waals surface area (Å²) in [6.45, 7) is 3.58. The van der Waals surface area contributed by atoms with Crippen LogP contribution in [0.3, 0.4) is 0 Å². The quantitative estimate of drug-likeness (QED) is 0.260. The zero-order chi connectivity index (χ0) is 10.9.